The van der Waals surface area contributed by atoms with Gasteiger partial charge in [-0.2, -0.15) is 0 Å². The zero-order valence-electron chi connectivity index (χ0n) is 30.2. The van der Waals surface area contributed by atoms with Crippen molar-refractivity contribution in [2.45, 2.75) is 147 Å². The molecule has 0 aromatic heterocycles. The van der Waals surface area contributed by atoms with Crippen molar-refractivity contribution in [1.82, 2.24) is 9.80 Å². The Bertz CT molecular complexity index is 1500. The van der Waals surface area contributed by atoms with Crippen LogP contribution in [0.25, 0.3) is 0 Å². The third-order valence-electron chi connectivity index (χ3n) is 9.93. The molecule has 276 valence electrons. The van der Waals surface area contributed by atoms with E-state index < -0.39 is 94.9 Å². The van der Waals surface area contributed by atoms with Gasteiger partial charge in [0.1, 0.15) is 29.0 Å². The van der Waals surface area contributed by atoms with Gasteiger partial charge in [0.05, 0.1) is 17.7 Å². The molecule has 3 aliphatic heterocycles. The van der Waals surface area contributed by atoms with Crippen molar-refractivity contribution < 1.29 is 57.6 Å². The van der Waals surface area contributed by atoms with Crippen LogP contribution in [0.5, 0.6) is 0 Å². The summed E-state index contributed by atoms with van der Waals surface area (Å²) in [5, 5.41) is 12.1. The van der Waals surface area contributed by atoms with E-state index in [9.17, 15) is 33.9 Å². The molecule has 5 aliphatic rings. The molecule has 3 fully saturated rings. The van der Waals surface area contributed by atoms with Crippen molar-refractivity contribution in [2.24, 2.45) is 5.92 Å². The monoisotopic (exact) mass is 702 g/mol. The molecule has 0 radical (unpaired) electrons. The summed E-state index contributed by atoms with van der Waals surface area (Å²) in [7, 11) is 0. The Morgan fingerprint density at radius 1 is 0.840 bits per heavy atom. The highest BCUT2D eigenvalue weighted by Gasteiger charge is 2.63. The van der Waals surface area contributed by atoms with E-state index in [-0.39, 0.29) is 25.0 Å². The second kappa shape index (κ2) is 13.3. The second-order valence-electron chi connectivity index (χ2n) is 16.0. The molecule has 14 heteroatoms. The van der Waals surface area contributed by atoms with Gasteiger partial charge in [-0.25, -0.2) is 14.4 Å². The highest BCUT2D eigenvalue weighted by Crippen LogP contribution is 2.52. The number of ketones is 1. The maximum Gasteiger partial charge on any atom is 0.410 e. The largest absolute Gasteiger partial charge is 0.462 e. The number of fused-ring (bicyclic) bond motifs is 1. The summed E-state index contributed by atoms with van der Waals surface area (Å²) in [5.41, 5.74) is -4.67. The molecule has 5 rings (SSSR count). The second-order valence-corrected chi connectivity index (χ2v) is 16.0. The van der Waals surface area contributed by atoms with Crippen LogP contribution < -0.4 is 0 Å². The summed E-state index contributed by atoms with van der Waals surface area (Å²) in [6, 6.07) is -1.63. The fourth-order valence-corrected chi connectivity index (χ4v) is 8.21. The minimum atomic E-state index is -2.09. The van der Waals surface area contributed by atoms with Gasteiger partial charge in [-0.1, -0.05) is 6.08 Å². The molecule has 0 aromatic carbocycles. The fourth-order valence-electron chi connectivity index (χ4n) is 8.21. The van der Waals surface area contributed by atoms with Crippen molar-refractivity contribution in [1.29, 1.82) is 0 Å². The standard InChI is InChI=1S/C36H50N2O12/c1-20(39)46-22-13-14-24-29(30(42)48-36(24,18-22)27-12-10-16-38(27)32(44)50-34(6,7)8)23-17-28(41)35(45,19-25(23)47-21(2)40)26-11-9-15-37(26)31(43)49-33(3,4)5/h13-14,22-23,25-27,45H,9-12,15-19H2,1-8H3/t22-,23-,25+,26+,27+,35+,36-/m0/s1. The molecule has 14 nitrogen and oxygen atoms in total. The van der Waals surface area contributed by atoms with Gasteiger partial charge in [0.2, 0.25) is 0 Å². The van der Waals surface area contributed by atoms with Gasteiger partial charge < -0.3 is 38.6 Å². The van der Waals surface area contributed by atoms with Gasteiger partial charge in [0.15, 0.2) is 11.4 Å². The summed E-state index contributed by atoms with van der Waals surface area (Å²) in [6.07, 6.45) is 1.20. The average Bonchev–Trinajstić information content (AvgIpc) is 3.70. The molecular formula is C36H50N2O12. The van der Waals surface area contributed by atoms with Crippen molar-refractivity contribution in [3.63, 3.8) is 0 Å². The van der Waals surface area contributed by atoms with E-state index in [1.165, 1.54) is 23.6 Å². The van der Waals surface area contributed by atoms with Crippen molar-refractivity contribution in [3.8, 4) is 0 Å². The number of carbonyl (C=O) groups is 6. The molecule has 0 aromatic rings. The van der Waals surface area contributed by atoms with Crippen molar-refractivity contribution >= 4 is 35.9 Å². The topological polar surface area (TPSA) is 175 Å². The van der Waals surface area contributed by atoms with Gasteiger partial charge in [-0.15, -0.1) is 0 Å². The van der Waals surface area contributed by atoms with E-state index in [1.807, 2.05) is 0 Å². The molecule has 7 atom stereocenters. The average molecular weight is 703 g/mol. The van der Waals surface area contributed by atoms with Crippen LogP contribution in [0.4, 0.5) is 9.59 Å². The third-order valence-corrected chi connectivity index (χ3v) is 9.93. The van der Waals surface area contributed by atoms with Gasteiger partial charge in [-0.05, 0) is 73.3 Å². The Morgan fingerprint density at radius 2 is 1.38 bits per heavy atom. The lowest BCUT2D eigenvalue weighted by Gasteiger charge is -2.45. The van der Waals surface area contributed by atoms with Crippen molar-refractivity contribution in [2.75, 3.05) is 13.1 Å². The lowest BCUT2D eigenvalue weighted by Crippen LogP contribution is -2.62. The van der Waals surface area contributed by atoms with Crippen LogP contribution in [0.15, 0.2) is 23.3 Å². The summed E-state index contributed by atoms with van der Waals surface area (Å²) in [4.78, 5) is 82.3. The van der Waals surface area contributed by atoms with Gasteiger partial charge in [0.25, 0.3) is 0 Å². The molecule has 0 unspecified atom stereocenters. The summed E-state index contributed by atoms with van der Waals surface area (Å²) >= 11 is 0. The highest BCUT2D eigenvalue weighted by molar-refractivity contribution is 5.98. The zero-order chi connectivity index (χ0) is 37.0. The number of rotatable bonds is 5. The number of Topliss-reactive ketones (excluding diaryl/α,β-unsaturated/α-hetero) is 1. The minimum Gasteiger partial charge on any atom is -0.462 e. The zero-order valence-corrected chi connectivity index (χ0v) is 30.2. The third kappa shape index (κ3) is 7.26. The van der Waals surface area contributed by atoms with Crippen LogP contribution in [0.3, 0.4) is 0 Å². The molecule has 50 heavy (non-hydrogen) atoms. The van der Waals surface area contributed by atoms with Crippen LogP contribution in [-0.4, -0.2) is 111 Å². The van der Waals surface area contributed by atoms with E-state index in [4.69, 9.17) is 23.7 Å². The normalized spacial score (nSPS) is 32.9. The van der Waals surface area contributed by atoms with E-state index >= 15 is 0 Å². The van der Waals surface area contributed by atoms with Crippen molar-refractivity contribution in [3.05, 3.63) is 23.3 Å². The van der Waals surface area contributed by atoms with E-state index in [1.54, 1.807) is 53.7 Å². The first kappa shape index (κ1) is 37.3. The fraction of sp³-hybridized carbons (Fsp3) is 0.722. The first-order valence-corrected chi connectivity index (χ1v) is 17.4. The molecule has 1 saturated carbocycles. The molecule has 2 amide bonds. The predicted molar refractivity (Wildman–Crippen MR) is 175 cm³/mol. The molecule has 3 heterocycles. The Balaban J connectivity index is 1.56. The molecule has 2 saturated heterocycles. The van der Waals surface area contributed by atoms with Gasteiger partial charge in [0, 0.05) is 57.7 Å². The summed E-state index contributed by atoms with van der Waals surface area (Å²) < 4.78 is 28.9. The number of likely N-dealkylation sites (tertiary alicyclic amines) is 2. The van der Waals surface area contributed by atoms with Crippen LogP contribution in [0.1, 0.15) is 100 Å². The number of hydrogen-bond donors (Lipinski definition) is 1. The van der Waals surface area contributed by atoms with E-state index in [0.29, 0.717) is 37.8 Å². The Labute approximate surface area is 292 Å². The lowest BCUT2D eigenvalue weighted by atomic mass is 9.67. The Kier molecular flexibility index (Phi) is 9.94. The number of esters is 3. The molecule has 2 aliphatic carbocycles. The molecule has 1 N–H and O–H groups in total. The first-order valence-electron chi connectivity index (χ1n) is 17.4. The van der Waals surface area contributed by atoms with E-state index in [2.05, 4.69) is 0 Å². The van der Waals surface area contributed by atoms with Crippen LogP contribution in [0.2, 0.25) is 0 Å². The smallest absolute Gasteiger partial charge is 0.410 e. The van der Waals surface area contributed by atoms with E-state index in [0.717, 1.165) is 0 Å². The predicted octanol–water partition coefficient (Wildman–Crippen LogP) is 3.91. The molecule has 0 spiro atoms. The first-order chi connectivity index (χ1) is 23.1. The minimum absolute atomic E-state index is 0.00732. The number of carbonyl (C=O) groups excluding carboxylic acids is 6. The van der Waals surface area contributed by atoms with Gasteiger partial charge in [-0.3, -0.25) is 14.4 Å². The number of ether oxygens (including phenoxy) is 5. The lowest BCUT2D eigenvalue weighted by molar-refractivity contribution is -0.172. The van der Waals surface area contributed by atoms with Crippen LogP contribution >= 0.6 is 0 Å². The Hall–Kier alpha value is -3.94. The number of nitrogens with zero attached hydrogens (tertiary/aromatic N) is 2. The van der Waals surface area contributed by atoms with Crippen LogP contribution in [0, 0.1) is 5.92 Å². The summed E-state index contributed by atoms with van der Waals surface area (Å²) in [5.74, 6) is -3.61. The molecular weight excluding hydrogens is 652 g/mol. The number of hydrogen-bond acceptors (Lipinski definition) is 12. The van der Waals surface area contributed by atoms with Gasteiger partial charge >= 0.3 is 30.1 Å². The summed E-state index contributed by atoms with van der Waals surface area (Å²) in [6.45, 7) is 13.5. The quantitative estimate of drug-likeness (QED) is 0.324. The maximum atomic E-state index is 14.1. The Morgan fingerprint density at radius 3 is 1.92 bits per heavy atom. The molecule has 0 bridgehead atoms. The SMILES string of the molecule is CC(=O)O[C@H]1C=CC2=C([C@H]3CC(=O)[C@](O)([C@H]4CCCN4C(=O)OC(C)(C)C)C[C@H]3OC(C)=O)C(=O)O[C@@]2([C@H]2CCCN2C(=O)OC(C)(C)C)C1. The maximum absolute atomic E-state index is 14.1. The van der Waals surface area contributed by atoms with Crippen LogP contribution in [-0.2, 0) is 42.9 Å². The number of aliphatic hydroxyl groups is 1. The number of amides is 2. The highest BCUT2D eigenvalue weighted by atomic mass is 16.6.